The first-order valence-corrected chi connectivity index (χ1v) is 5.88. The van der Waals surface area contributed by atoms with Gasteiger partial charge in [0.25, 0.3) is 0 Å². The second kappa shape index (κ2) is 3.53. The summed E-state index contributed by atoms with van der Waals surface area (Å²) in [6.45, 7) is 0. The summed E-state index contributed by atoms with van der Waals surface area (Å²) in [5.41, 5.74) is 2.75. The number of aryl methyl sites for hydroxylation is 1. The second-order valence-corrected chi connectivity index (χ2v) is 4.83. The maximum absolute atomic E-state index is 9.45. The molecule has 0 radical (unpaired) electrons. The first kappa shape index (κ1) is 9.22. The summed E-state index contributed by atoms with van der Waals surface area (Å²) in [5.74, 6) is 0.404. The molecule has 3 rings (SSSR count). The Balaban J connectivity index is 1.75. The predicted molar refractivity (Wildman–Crippen MR) is 60.1 cm³/mol. The molecule has 15 heavy (non-hydrogen) atoms. The summed E-state index contributed by atoms with van der Waals surface area (Å²) in [5, 5.41) is 13.1. The van der Waals surface area contributed by atoms with Gasteiger partial charge < -0.3 is 10.4 Å². The summed E-state index contributed by atoms with van der Waals surface area (Å²) in [6.07, 6.45) is 6.18. The molecule has 0 bridgehead atoms. The zero-order chi connectivity index (χ0) is 10.3. The van der Waals surface area contributed by atoms with Gasteiger partial charge in [-0.05, 0) is 55.4 Å². The van der Waals surface area contributed by atoms with Crippen LogP contribution in [0.3, 0.4) is 0 Å². The Kier molecular flexibility index (Phi) is 2.17. The fourth-order valence-electron chi connectivity index (χ4n) is 2.47. The molecule has 2 aliphatic rings. The highest BCUT2D eigenvalue weighted by molar-refractivity contribution is 5.37. The average Bonchev–Trinajstić information content (AvgIpc) is 3.01. The van der Waals surface area contributed by atoms with Crippen LogP contribution in [0.4, 0.5) is 0 Å². The number of nitrogens with one attached hydrogen (secondary N) is 1. The van der Waals surface area contributed by atoms with E-state index in [0.717, 1.165) is 18.9 Å². The molecule has 1 unspecified atom stereocenters. The Morgan fingerprint density at radius 3 is 2.73 bits per heavy atom. The standard InChI is InChI=1S/C13H17NO/c15-13-6-2-9-1-3-12(7-10(9)8-13)14-11-4-5-11/h2,6,8,11-12,14-15H,1,3-5,7H2. The van der Waals surface area contributed by atoms with E-state index in [4.69, 9.17) is 0 Å². The van der Waals surface area contributed by atoms with Crippen molar-refractivity contribution in [3.63, 3.8) is 0 Å². The predicted octanol–water partition coefficient (Wildman–Crippen LogP) is 2.00. The number of fused-ring (bicyclic) bond motifs is 1. The molecule has 2 nitrogen and oxygen atoms in total. The maximum atomic E-state index is 9.45. The van der Waals surface area contributed by atoms with Gasteiger partial charge in [-0.25, -0.2) is 0 Å². The summed E-state index contributed by atoms with van der Waals surface area (Å²) < 4.78 is 0. The molecule has 2 heteroatoms. The van der Waals surface area contributed by atoms with Gasteiger partial charge in [-0.1, -0.05) is 6.07 Å². The molecule has 1 fully saturated rings. The largest absolute Gasteiger partial charge is 0.508 e. The lowest BCUT2D eigenvalue weighted by Gasteiger charge is -2.25. The van der Waals surface area contributed by atoms with E-state index in [2.05, 4.69) is 11.4 Å². The van der Waals surface area contributed by atoms with E-state index in [-0.39, 0.29) is 0 Å². The smallest absolute Gasteiger partial charge is 0.115 e. The van der Waals surface area contributed by atoms with E-state index in [1.165, 1.54) is 30.4 Å². The van der Waals surface area contributed by atoms with Crippen molar-refractivity contribution in [2.24, 2.45) is 0 Å². The number of hydrogen-bond donors (Lipinski definition) is 2. The summed E-state index contributed by atoms with van der Waals surface area (Å²) in [7, 11) is 0. The first-order valence-electron chi connectivity index (χ1n) is 5.88. The first-order chi connectivity index (χ1) is 7.31. The van der Waals surface area contributed by atoms with Gasteiger partial charge >= 0.3 is 0 Å². The van der Waals surface area contributed by atoms with Crippen molar-refractivity contribution < 1.29 is 5.11 Å². The number of aromatic hydroxyl groups is 1. The Bertz CT molecular complexity index is 371. The molecular weight excluding hydrogens is 186 g/mol. The van der Waals surface area contributed by atoms with Crippen LogP contribution in [0.1, 0.15) is 30.4 Å². The minimum atomic E-state index is 0.404. The second-order valence-electron chi connectivity index (χ2n) is 4.83. The van der Waals surface area contributed by atoms with Gasteiger partial charge in [0, 0.05) is 12.1 Å². The van der Waals surface area contributed by atoms with E-state index in [1.54, 1.807) is 6.07 Å². The highest BCUT2D eigenvalue weighted by Gasteiger charge is 2.26. The molecule has 1 aromatic rings. The van der Waals surface area contributed by atoms with Crippen molar-refractivity contribution in [2.45, 2.75) is 44.2 Å². The monoisotopic (exact) mass is 203 g/mol. The molecular formula is C13H17NO. The van der Waals surface area contributed by atoms with Crippen molar-refractivity contribution in [2.75, 3.05) is 0 Å². The number of phenolic OH excluding ortho intramolecular Hbond substituents is 1. The zero-order valence-corrected chi connectivity index (χ0v) is 8.87. The quantitative estimate of drug-likeness (QED) is 0.770. The molecule has 2 aliphatic carbocycles. The third-order valence-corrected chi connectivity index (χ3v) is 3.47. The van der Waals surface area contributed by atoms with Crippen LogP contribution in [0.25, 0.3) is 0 Å². The highest BCUT2D eigenvalue weighted by atomic mass is 16.3. The number of benzene rings is 1. The minimum absolute atomic E-state index is 0.404. The molecule has 0 aromatic heterocycles. The van der Waals surface area contributed by atoms with Crippen molar-refractivity contribution in [1.82, 2.24) is 5.32 Å². The van der Waals surface area contributed by atoms with Crippen LogP contribution in [0.5, 0.6) is 5.75 Å². The van der Waals surface area contributed by atoms with Crippen LogP contribution < -0.4 is 5.32 Å². The molecule has 0 heterocycles. The van der Waals surface area contributed by atoms with Gasteiger partial charge in [0.05, 0.1) is 0 Å². The molecule has 0 spiro atoms. The van der Waals surface area contributed by atoms with E-state index in [1.807, 2.05) is 6.07 Å². The van der Waals surface area contributed by atoms with Gasteiger partial charge in [-0.2, -0.15) is 0 Å². The van der Waals surface area contributed by atoms with Gasteiger partial charge in [-0.15, -0.1) is 0 Å². The molecule has 80 valence electrons. The average molecular weight is 203 g/mol. The van der Waals surface area contributed by atoms with Crippen LogP contribution >= 0.6 is 0 Å². The van der Waals surface area contributed by atoms with Gasteiger partial charge in [0.2, 0.25) is 0 Å². The number of phenols is 1. The lowest BCUT2D eigenvalue weighted by molar-refractivity contribution is 0.448. The maximum Gasteiger partial charge on any atom is 0.115 e. The van der Waals surface area contributed by atoms with Crippen LogP contribution in [-0.2, 0) is 12.8 Å². The van der Waals surface area contributed by atoms with Gasteiger partial charge in [0.1, 0.15) is 5.75 Å². The van der Waals surface area contributed by atoms with E-state index in [0.29, 0.717) is 11.8 Å². The Morgan fingerprint density at radius 1 is 1.07 bits per heavy atom. The van der Waals surface area contributed by atoms with E-state index < -0.39 is 0 Å². The Morgan fingerprint density at radius 2 is 1.93 bits per heavy atom. The molecule has 0 aliphatic heterocycles. The van der Waals surface area contributed by atoms with Crippen molar-refractivity contribution in [1.29, 1.82) is 0 Å². The fourth-order valence-corrected chi connectivity index (χ4v) is 2.47. The summed E-state index contributed by atoms with van der Waals surface area (Å²) >= 11 is 0. The molecule has 1 saturated carbocycles. The number of rotatable bonds is 2. The van der Waals surface area contributed by atoms with Crippen LogP contribution in [-0.4, -0.2) is 17.2 Å². The van der Waals surface area contributed by atoms with E-state index in [9.17, 15) is 5.11 Å². The van der Waals surface area contributed by atoms with Crippen molar-refractivity contribution >= 4 is 0 Å². The highest BCUT2D eigenvalue weighted by Crippen LogP contribution is 2.27. The third-order valence-electron chi connectivity index (χ3n) is 3.47. The van der Waals surface area contributed by atoms with Gasteiger partial charge in [0.15, 0.2) is 0 Å². The lowest BCUT2D eigenvalue weighted by atomic mass is 9.88. The molecule has 2 N–H and O–H groups in total. The summed E-state index contributed by atoms with van der Waals surface area (Å²) in [6, 6.07) is 7.21. The molecule has 0 amide bonds. The third kappa shape index (κ3) is 2.00. The minimum Gasteiger partial charge on any atom is -0.508 e. The van der Waals surface area contributed by atoms with Crippen LogP contribution in [0, 0.1) is 0 Å². The molecule has 0 saturated heterocycles. The van der Waals surface area contributed by atoms with Crippen molar-refractivity contribution in [3.05, 3.63) is 29.3 Å². The van der Waals surface area contributed by atoms with E-state index >= 15 is 0 Å². The molecule has 1 atom stereocenters. The zero-order valence-electron chi connectivity index (χ0n) is 8.87. The molecule has 1 aromatic carbocycles. The van der Waals surface area contributed by atoms with Crippen molar-refractivity contribution in [3.8, 4) is 5.75 Å². The fraction of sp³-hybridized carbons (Fsp3) is 0.538. The Labute approximate surface area is 90.3 Å². The SMILES string of the molecule is Oc1ccc2c(c1)CC(NC1CC1)CC2. The summed E-state index contributed by atoms with van der Waals surface area (Å²) in [4.78, 5) is 0. The van der Waals surface area contributed by atoms with Gasteiger partial charge in [-0.3, -0.25) is 0 Å². The van der Waals surface area contributed by atoms with Crippen LogP contribution in [0.15, 0.2) is 18.2 Å². The van der Waals surface area contributed by atoms with Crippen LogP contribution in [0.2, 0.25) is 0 Å². The Hall–Kier alpha value is -1.02. The normalized spacial score (nSPS) is 24.9. The number of hydrogen-bond acceptors (Lipinski definition) is 2. The lowest BCUT2D eigenvalue weighted by Crippen LogP contribution is -2.35. The topological polar surface area (TPSA) is 32.3 Å².